The van der Waals surface area contributed by atoms with E-state index in [1.165, 1.54) is 18.4 Å². The summed E-state index contributed by atoms with van der Waals surface area (Å²) in [7, 11) is 0. The Kier molecular flexibility index (Phi) is 4.59. The van der Waals surface area contributed by atoms with E-state index in [0.29, 0.717) is 18.1 Å². The van der Waals surface area contributed by atoms with Crippen LogP contribution < -0.4 is 10.6 Å². The number of nitrogens with one attached hydrogen (secondary N) is 2. The number of rotatable bonds is 3. The summed E-state index contributed by atoms with van der Waals surface area (Å²) in [4.78, 5) is 12.9. The van der Waals surface area contributed by atoms with Crippen molar-refractivity contribution in [2.75, 3.05) is 6.61 Å². The number of carbonyl (C=O) groups is 1. The summed E-state index contributed by atoms with van der Waals surface area (Å²) >= 11 is 0. The Labute approximate surface area is 144 Å². The van der Waals surface area contributed by atoms with Gasteiger partial charge in [0.05, 0.1) is 12.0 Å². The van der Waals surface area contributed by atoms with Crippen molar-refractivity contribution in [3.05, 3.63) is 35.4 Å². The van der Waals surface area contributed by atoms with Gasteiger partial charge in [0.1, 0.15) is 0 Å². The van der Waals surface area contributed by atoms with Crippen molar-refractivity contribution in [2.45, 2.75) is 69.7 Å². The van der Waals surface area contributed by atoms with Gasteiger partial charge in [-0.25, -0.2) is 0 Å². The minimum absolute atomic E-state index is 0.0611. The van der Waals surface area contributed by atoms with Crippen LogP contribution in [0, 0.1) is 12.8 Å². The molecule has 3 aliphatic heterocycles. The summed E-state index contributed by atoms with van der Waals surface area (Å²) in [5.74, 6) is 0.126. The molecule has 1 amide bonds. The van der Waals surface area contributed by atoms with E-state index in [2.05, 4.69) is 41.8 Å². The Morgan fingerprint density at radius 2 is 1.83 bits per heavy atom. The Morgan fingerprint density at radius 3 is 2.54 bits per heavy atom. The van der Waals surface area contributed by atoms with Crippen molar-refractivity contribution in [1.82, 2.24) is 10.6 Å². The van der Waals surface area contributed by atoms with Crippen LogP contribution in [0.3, 0.4) is 0 Å². The molecule has 1 aromatic carbocycles. The van der Waals surface area contributed by atoms with Crippen LogP contribution in [-0.4, -0.2) is 30.6 Å². The van der Waals surface area contributed by atoms with Crippen molar-refractivity contribution in [3.63, 3.8) is 0 Å². The van der Waals surface area contributed by atoms with Gasteiger partial charge in [0.25, 0.3) is 0 Å². The number of carbonyl (C=O) groups excluding carboxylic acids is 1. The molecule has 24 heavy (non-hydrogen) atoms. The first-order valence-corrected chi connectivity index (χ1v) is 9.43. The Balaban J connectivity index is 1.44. The molecular weight excluding hydrogens is 300 g/mol. The second-order valence-corrected chi connectivity index (χ2v) is 7.77. The van der Waals surface area contributed by atoms with Gasteiger partial charge in [0, 0.05) is 24.7 Å². The van der Waals surface area contributed by atoms with Gasteiger partial charge >= 0.3 is 0 Å². The van der Waals surface area contributed by atoms with Crippen LogP contribution >= 0.6 is 0 Å². The van der Waals surface area contributed by atoms with Crippen LogP contribution in [0.2, 0.25) is 0 Å². The van der Waals surface area contributed by atoms with Crippen LogP contribution in [0.4, 0.5) is 0 Å². The SMILES string of the molecule is Cc1ccc(C2OCCCC2C(=O)NC2CC3CCC(C2)N3)cc1. The predicted octanol–water partition coefficient (Wildman–Crippen LogP) is 2.86. The Bertz CT molecular complexity index is 574. The van der Waals surface area contributed by atoms with E-state index >= 15 is 0 Å². The fourth-order valence-corrected chi connectivity index (χ4v) is 4.62. The second-order valence-electron chi connectivity index (χ2n) is 7.77. The van der Waals surface area contributed by atoms with E-state index in [4.69, 9.17) is 4.74 Å². The molecule has 3 heterocycles. The smallest absolute Gasteiger partial charge is 0.226 e. The van der Waals surface area contributed by atoms with Gasteiger partial charge in [-0.05, 0) is 51.0 Å². The van der Waals surface area contributed by atoms with Gasteiger partial charge in [-0.1, -0.05) is 29.8 Å². The average Bonchev–Trinajstić information content (AvgIpc) is 2.94. The zero-order chi connectivity index (χ0) is 16.5. The summed E-state index contributed by atoms with van der Waals surface area (Å²) in [5.41, 5.74) is 2.37. The first kappa shape index (κ1) is 16.1. The first-order valence-electron chi connectivity index (χ1n) is 9.43. The molecule has 0 saturated carbocycles. The van der Waals surface area contributed by atoms with Gasteiger partial charge in [0.2, 0.25) is 5.91 Å². The highest BCUT2D eigenvalue weighted by atomic mass is 16.5. The van der Waals surface area contributed by atoms with Gasteiger partial charge in [-0.3, -0.25) is 4.79 Å². The van der Waals surface area contributed by atoms with Crippen molar-refractivity contribution >= 4 is 5.91 Å². The lowest BCUT2D eigenvalue weighted by Crippen LogP contribution is -2.50. The minimum atomic E-state index is -0.0993. The van der Waals surface area contributed by atoms with Gasteiger partial charge in [-0.15, -0.1) is 0 Å². The number of hydrogen-bond acceptors (Lipinski definition) is 3. The number of benzene rings is 1. The monoisotopic (exact) mass is 328 g/mol. The third-order valence-electron chi connectivity index (χ3n) is 5.88. The largest absolute Gasteiger partial charge is 0.373 e. The number of fused-ring (bicyclic) bond motifs is 2. The molecule has 1 aromatic rings. The second kappa shape index (κ2) is 6.85. The first-order chi connectivity index (χ1) is 11.7. The molecule has 0 radical (unpaired) electrons. The summed E-state index contributed by atoms with van der Waals surface area (Å²) < 4.78 is 6.01. The van der Waals surface area contributed by atoms with Crippen molar-refractivity contribution < 1.29 is 9.53 Å². The number of amides is 1. The maximum Gasteiger partial charge on any atom is 0.226 e. The normalized spacial score (nSPS) is 35.6. The fourth-order valence-electron chi connectivity index (χ4n) is 4.62. The van der Waals surface area contributed by atoms with Crippen LogP contribution in [0.5, 0.6) is 0 Å². The van der Waals surface area contributed by atoms with E-state index in [1.54, 1.807) is 0 Å². The van der Waals surface area contributed by atoms with E-state index < -0.39 is 0 Å². The zero-order valence-corrected chi connectivity index (χ0v) is 14.5. The van der Waals surface area contributed by atoms with Gasteiger partial charge < -0.3 is 15.4 Å². The lowest BCUT2D eigenvalue weighted by Gasteiger charge is -2.34. The lowest BCUT2D eigenvalue weighted by atomic mass is 9.87. The minimum Gasteiger partial charge on any atom is -0.373 e. The molecular formula is C20H28N2O2. The zero-order valence-electron chi connectivity index (χ0n) is 14.5. The predicted molar refractivity (Wildman–Crippen MR) is 93.7 cm³/mol. The van der Waals surface area contributed by atoms with Crippen LogP contribution in [0.1, 0.15) is 55.8 Å². The molecule has 4 atom stereocenters. The summed E-state index contributed by atoms with van der Waals surface area (Å²) in [6.07, 6.45) is 6.46. The quantitative estimate of drug-likeness (QED) is 0.897. The molecule has 2 N–H and O–H groups in total. The summed E-state index contributed by atoms with van der Waals surface area (Å²) in [5, 5.41) is 6.98. The van der Waals surface area contributed by atoms with Gasteiger partial charge in [-0.2, -0.15) is 0 Å². The van der Waals surface area contributed by atoms with Gasteiger partial charge in [0.15, 0.2) is 0 Å². The van der Waals surface area contributed by atoms with Crippen molar-refractivity contribution in [2.24, 2.45) is 5.92 Å². The third-order valence-corrected chi connectivity index (χ3v) is 5.88. The standard InChI is InChI=1S/C20H28N2O2/c1-13-4-6-14(7-5-13)19-18(3-2-10-24-19)20(23)22-17-11-15-8-9-16(12-17)21-15/h4-7,15-19,21H,2-3,8-12H2,1H3,(H,22,23). The highest BCUT2D eigenvalue weighted by molar-refractivity contribution is 5.80. The molecule has 4 heteroatoms. The van der Waals surface area contributed by atoms with E-state index in [1.807, 2.05) is 0 Å². The highest BCUT2D eigenvalue weighted by Crippen LogP contribution is 2.35. The molecule has 4 nitrogen and oxygen atoms in total. The Hall–Kier alpha value is -1.39. The van der Waals surface area contributed by atoms with Crippen LogP contribution in [-0.2, 0) is 9.53 Å². The topological polar surface area (TPSA) is 50.4 Å². The summed E-state index contributed by atoms with van der Waals surface area (Å²) in [6, 6.07) is 9.96. The molecule has 3 fully saturated rings. The maximum absolute atomic E-state index is 12.9. The molecule has 3 saturated heterocycles. The molecule has 3 aliphatic rings. The molecule has 2 bridgehead atoms. The molecule has 0 aliphatic carbocycles. The average molecular weight is 328 g/mol. The number of aryl methyl sites for hydroxylation is 1. The fraction of sp³-hybridized carbons (Fsp3) is 0.650. The lowest BCUT2D eigenvalue weighted by molar-refractivity contribution is -0.135. The van der Waals surface area contributed by atoms with Crippen LogP contribution in [0.25, 0.3) is 0 Å². The van der Waals surface area contributed by atoms with E-state index in [9.17, 15) is 4.79 Å². The van der Waals surface area contributed by atoms with Crippen molar-refractivity contribution in [1.29, 1.82) is 0 Å². The highest BCUT2D eigenvalue weighted by Gasteiger charge is 2.37. The van der Waals surface area contributed by atoms with E-state index in [-0.39, 0.29) is 17.9 Å². The van der Waals surface area contributed by atoms with Crippen molar-refractivity contribution in [3.8, 4) is 0 Å². The molecule has 0 spiro atoms. The molecule has 4 rings (SSSR count). The van der Waals surface area contributed by atoms with E-state index in [0.717, 1.165) is 37.9 Å². The number of piperidine rings is 1. The van der Waals surface area contributed by atoms with Crippen LogP contribution in [0.15, 0.2) is 24.3 Å². The molecule has 0 aromatic heterocycles. The number of ether oxygens (including phenoxy) is 1. The maximum atomic E-state index is 12.9. The molecule has 130 valence electrons. The number of hydrogen-bond donors (Lipinski definition) is 2. The summed E-state index contributed by atoms with van der Waals surface area (Å²) in [6.45, 7) is 2.83. The third kappa shape index (κ3) is 3.35. The molecule has 4 unspecified atom stereocenters. The Morgan fingerprint density at radius 1 is 1.12 bits per heavy atom.